The number of methoxy groups -OCH3 is 1. The first kappa shape index (κ1) is 16.2. The van der Waals surface area contributed by atoms with Gasteiger partial charge in [0.25, 0.3) is 0 Å². The van der Waals surface area contributed by atoms with Crippen molar-refractivity contribution >= 4 is 12.4 Å². The monoisotopic (exact) mass is 263 g/mol. The van der Waals surface area contributed by atoms with Gasteiger partial charge in [0.15, 0.2) is 0 Å². The summed E-state index contributed by atoms with van der Waals surface area (Å²) >= 11 is 0. The maximum absolute atomic E-state index is 13.1. The molecule has 5 heteroatoms. The third kappa shape index (κ3) is 4.15. The van der Waals surface area contributed by atoms with Gasteiger partial charge in [-0.3, -0.25) is 0 Å². The van der Waals surface area contributed by atoms with Gasteiger partial charge in [0.1, 0.15) is 11.6 Å². The summed E-state index contributed by atoms with van der Waals surface area (Å²) < 4.78 is 18.2. The van der Waals surface area contributed by atoms with Crippen LogP contribution >= 0.6 is 12.4 Å². The quantitative estimate of drug-likeness (QED) is 0.858. The van der Waals surface area contributed by atoms with Crippen LogP contribution in [0.4, 0.5) is 4.39 Å². The van der Waals surface area contributed by atoms with Crippen molar-refractivity contribution in [2.45, 2.75) is 31.9 Å². The molecule has 3 nitrogen and oxygen atoms in total. The average molecular weight is 264 g/mol. The van der Waals surface area contributed by atoms with Crippen LogP contribution < -0.4 is 10.5 Å². The fourth-order valence-electron chi connectivity index (χ4n) is 1.65. The van der Waals surface area contributed by atoms with Crippen molar-refractivity contribution in [1.82, 2.24) is 0 Å². The Labute approximate surface area is 107 Å². The van der Waals surface area contributed by atoms with Crippen LogP contribution in [-0.2, 0) is 0 Å². The molecule has 3 N–H and O–H groups in total. The Morgan fingerprint density at radius 2 is 2.12 bits per heavy atom. The zero-order chi connectivity index (χ0) is 12.1. The maximum atomic E-state index is 13.1. The number of nitrogens with two attached hydrogens (primary N) is 1. The first-order chi connectivity index (χ1) is 7.60. The first-order valence-corrected chi connectivity index (χ1v) is 5.37. The molecule has 2 atom stereocenters. The van der Waals surface area contributed by atoms with Crippen LogP contribution in [0.1, 0.15) is 31.4 Å². The van der Waals surface area contributed by atoms with Crippen molar-refractivity contribution < 1.29 is 14.2 Å². The molecule has 0 spiro atoms. The number of ether oxygens (including phenoxy) is 1. The fourth-order valence-corrected chi connectivity index (χ4v) is 1.65. The number of halogens is 2. The van der Waals surface area contributed by atoms with Gasteiger partial charge in [0, 0.05) is 5.56 Å². The Morgan fingerprint density at radius 3 is 2.65 bits per heavy atom. The van der Waals surface area contributed by atoms with E-state index in [0.29, 0.717) is 17.7 Å². The smallest absolute Gasteiger partial charge is 0.123 e. The molecule has 1 aromatic rings. The fraction of sp³-hybridized carbons (Fsp3) is 0.500. The number of hydrogen-bond acceptors (Lipinski definition) is 3. The predicted molar refractivity (Wildman–Crippen MR) is 68.0 cm³/mol. The van der Waals surface area contributed by atoms with Gasteiger partial charge in [-0.2, -0.15) is 0 Å². The second-order valence-corrected chi connectivity index (χ2v) is 3.77. The molecule has 98 valence electrons. The van der Waals surface area contributed by atoms with Crippen LogP contribution in [0.15, 0.2) is 18.2 Å². The van der Waals surface area contributed by atoms with Crippen LogP contribution in [0.5, 0.6) is 5.75 Å². The summed E-state index contributed by atoms with van der Waals surface area (Å²) in [6.07, 6.45) is 0.730. The second-order valence-electron chi connectivity index (χ2n) is 3.77. The normalized spacial score (nSPS) is 13.7. The van der Waals surface area contributed by atoms with Crippen LogP contribution in [0, 0.1) is 5.82 Å². The Bertz CT molecular complexity index is 349. The number of aliphatic hydroxyl groups is 1. The van der Waals surface area contributed by atoms with Crippen LogP contribution in [0.2, 0.25) is 0 Å². The minimum Gasteiger partial charge on any atom is -0.496 e. The van der Waals surface area contributed by atoms with Gasteiger partial charge < -0.3 is 15.6 Å². The highest BCUT2D eigenvalue weighted by Crippen LogP contribution is 2.27. The lowest BCUT2D eigenvalue weighted by molar-refractivity contribution is 0.133. The van der Waals surface area contributed by atoms with Gasteiger partial charge in [0.05, 0.1) is 19.3 Å². The zero-order valence-corrected chi connectivity index (χ0v) is 10.8. The number of hydrogen-bond donors (Lipinski definition) is 2. The molecule has 0 amide bonds. The zero-order valence-electron chi connectivity index (χ0n) is 10.0. The van der Waals surface area contributed by atoms with Gasteiger partial charge >= 0.3 is 0 Å². The number of aliphatic hydroxyl groups excluding tert-OH is 1. The molecular weight excluding hydrogens is 245 g/mol. The maximum Gasteiger partial charge on any atom is 0.123 e. The Morgan fingerprint density at radius 1 is 1.47 bits per heavy atom. The summed E-state index contributed by atoms with van der Waals surface area (Å²) in [6.45, 7) is 1.96. The van der Waals surface area contributed by atoms with Crippen molar-refractivity contribution in [2.75, 3.05) is 7.11 Å². The van der Waals surface area contributed by atoms with Crippen LogP contribution in [0.25, 0.3) is 0 Å². The van der Waals surface area contributed by atoms with Crippen molar-refractivity contribution in [3.63, 3.8) is 0 Å². The van der Waals surface area contributed by atoms with Gasteiger partial charge in [-0.1, -0.05) is 13.3 Å². The van der Waals surface area contributed by atoms with Crippen molar-refractivity contribution in [3.8, 4) is 5.75 Å². The number of rotatable bonds is 5. The summed E-state index contributed by atoms with van der Waals surface area (Å²) in [5.41, 5.74) is 6.38. The van der Waals surface area contributed by atoms with Crippen molar-refractivity contribution in [3.05, 3.63) is 29.6 Å². The Balaban J connectivity index is 0.00000256. The lowest BCUT2D eigenvalue weighted by atomic mass is 9.98. The predicted octanol–water partition coefficient (Wildman–Crippen LogP) is 2.42. The molecule has 0 radical (unpaired) electrons. The van der Waals surface area contributed by atoms with E-state index in [4.69, 9.17) is 10.5 Å². The molecular formula is C12H19ClFNO2. The van der Waals surface area contributed by atoms with E-state index in [1.165, 1.54) is 25.3 Å². The van der Waals surface area contributed by atoms with E-state index in [2.05, 4.69) is 0 Å². The highest BCUT2D eigenvalue weighted by atomic mass is 35.5. The molecule has 0 heterocycles. The minimum absolute atomic E-state index is 0. The first-order valence-electron chi connectivity index (χ1n) is 5.37. The highest BCUT2D eigenvalue weighted by Gasteiger charge is 2.20. The molecule has 1 aromatic carbocycles. The van der Waals surface area contributed by atoms with E-state index in [-0.39, 0.29) is 18.2 Å². The summed E-state index contributed by atoms with van der Waals surface area (Å²) in [5, 5.41) is 9.78. The van der Waals surface area contributed by atoms with E-state index in [1.807, 2.05) is 6.92 Å². The van der Waals surface area contributed by atoms with Gasteiger partial charge in [-0.25, -0.2) is 4.39 Å². The molecule has 0 aliphatic heterocycles. The summed E-state index contributed by atoms with van der Waals surface area (Å²) in [4.78, 5) is 0. The van der Waals surface area contributed by atoms with E-state index < -0.39 is 12.1 Å². The molecule has 0 unspecified atom stereocenters. The van der Waals surface area contributed by atoms with Crippen LogP contribution in [-0.4, -0.2) is 18.3 Å². The van der Waals surface area contributed by atoms with Gasteiger partial charge in [0.2, 0.25) is 0 Å². The molecule has 0 bridgehead atoms. The summed E-state index contributed by atoms with van der Waals surface area (Å²) in [5.74, 6) is 0.124. The molecule has 0 fully saturated rings. The summed E-state index contributed by atoms with van der Waals surface area (Å²) in [6, 6.07) is 3.51. The third-order valence-electron chi connectivity index (χ3n) is 2.55. The third-order valence-corrected chi connectivity index (χ3v) is 2.55. The average Bonchev–Trinajstić information content (AvgIpc) is 2.28. The van der Waals surface area contributed by atoms with Gasteiger partial charge in [-0.05, 0) is 24.6 Å². The molecule has 0 saturated carbocycles. The largest absolute Gasteiger partial charge is 0.496 e. The van der Waals surface area contributed by atoms with Crippen molar-refractivity contribution in [1.29, 1.82) is 0 Å². The molecule has 0 aliphatic carbocycles. The van der Waals surface area contributed by atoms with Crippen LogP contribution in [0.3, 0.4) is 0 Å². The lowest BCUT2D eigenvalue weighted by Crippen LogP contribution is -2.26. The van der Waals surface area contributed by atoms with E-state index in [0.717, 1.165) is 6.42 Å². The SMILES string of the molecule is CCC[C@H](O)[C@H](N)c1cc(F)ccc1OC.Cl. The Kier molecular flexibility index (Phi) is 7.11. The Hall–Kier alpha value is -0.840. The van der Waals surface area contributed by atoms with E-state index in [9.17, 15) is 9.50 Å². The molecule has 0 aliphatic rings. The molecule has 17 heavy (non-hydrogen) atoms. The van der Waals surface area contributed by atoms with Crippen molar-refractivity contribution in [2.24, 2.45) is 5.73 Å². The molecule has 1 rings (SSSR count). The van der Waals surface area contributed by atoms with Gasteiger partial charge in [-0.15, -0.1) is 12.4 Å². The van der Waals surface area contributed by atoms with E-state index in [1.54, 1.807) is 0 Å². The number of benzene rings is 1. The molecule has 0 aromatic heterocycles. The minimum atomic E-state index is -0.680. The topological polar surface area (TPSA) is 55.5 Å². The highest BCUT2D eigenvalue weighted by molar-refractivity contribution is 5.85. The molecule has 0 saturated heterocycles. The standard InChI is InChI=1S/C12H18FNO2.ClH/c1-3-4-10(15)12(14)9-7-8(13)5-6-11(9)16-2;/h5-7,10,12,15H,3-4,14H2,1-2H3;1H/t10-,12+;/m0./s1. The van der Waals surface area contributed by atoms with E-state index >= 15 is 0 Å². The second kappa shape index (κ2) is 7.48. The lowest BCUT2D eigenvalue weighted by Gasteiger charge is -2.20. The summed E-state index contributed by atoms with van der Waals surface area (Å²) in [7, 11) is 1.50.